The van der Waals surface area contributed by atoms with Gasteiger partial charge in [0.2, 0.25) is 5.43 Å². The first-order valence-corrected chi connectivity index (χ1v) is 8.19. The molecule has 2 N–H and O–H groups in total. The van der Waals surface area contributed by atoms with Gasteiger partial charge in [-0.3, -0.25) is 4.79 Å². The number of pyridine rings is 1. The summed E-state index contributed by atoms with van der Waals surface area (Å²) in [7, 11) is 0. The number of benzene rings is 1. The molecule has 1 aromatic carbocycles. The summed E-state index contributed by atoms with van der Waals surface area (Å²) >= 11 is 0. The summed E-state index contributed by atoms with van der Waals surface area (Å²) in [6.07, 6.45) is 0.355. The largest absolute Gasteiger partial charge is 0.477 e. The van der Waals surface area contributed by atoms with E-state index in [9.17, 15) is 23.5 Å². The van der Waals surface area contributed by atoms with Crippen LogP contribution in [0.15, 0.2) is 23.1 Å². The van der Waals surface area contributed by atoms with E-state index in [1.54, 1.807) is 0 Å². The number of rotatable bonds is 3. The fourth-order valence-electron chi connectivity index (χ4n) is 3.37. The van der Waals surface area contributed by atoms with Gasteiger partial charge >= 0.3 is 5.97 Å². The van der Waals surface area contributed by atoms with Gasteiger partial charge in [0.25, 0.3) is 0 Å². The molecule has 2 aliphatic rings. The normalized spacial score (nSPS) is 23.0. The monoisotopic (exact) mass is 349 g/mol. The maximum absolute atomic E-state index is 14.6. The molecular formula is C17H17F2N3O3. The summed E-state index contributed by atoms with van der Waals surface area (Å²) in [6, 6.07) is 2.10. The minimum Gasteiger partial charge on any atom is -0.477 e. The molecule has 1 aromatic heterocycles. The van der Waals surface area contributed by atoms with Crippen molar-refractivity contribution < 1.29 is 18.7 Å². The van der Waals surface area contributed by atoms with Crippen molar-refractivity contribution in [1.82, 2.24) is 9.88 Å². The molecule has 132 valence electrons. The second-order valence-electron chi connectivity index (χ2n) is 6.46. The molecule has 0 amide bonds. The van der Waals surface area contributed by atoms with E-state index in [0.717, 1.165) is 19.2 Å². The molecule has 1 aliphatic heterocycles. The van der Waals surface area contributed by atoms with Crippen molar-refractivity contribution in [3.8, 4) is 0 Å². The Morgan fingerprint density at radius 3 is 2.56 bits per heavy atom. The number of hydrogen-bond donors (Lipinski definition) is 2. The second-order valence-corrected chi connectivity index (χ2v) is 6.46. The van der Waals surface area contributed by atoms with Crippen molar-refractivity contribution in [2.45, 2.75) is 18.6 Å². The number of hydrogen-bond acceptors (Lipinski definition) is 4. The molecule has 2 aromatic rings. The van der Waals surface area contributed by atoms with E-state index >= 15 is 0 Å². The van der Waals surface area contributed by atoms with Crippen LogP contribution >= 0.6 is 0 Å². The summed E-state index contributed by atoms with van der Waals surface area (Å²) < 4.78 is 29.7. The zero-order valence-electron chi connectivity index (χ0n) is 13.3. The first kappa shape index (κ1) is 16.0. The Morgan fingerprint density at radius 2 is 1.96 bits per heavy atom. The van der Waals surface area contributed by atoms with Gasteiger partial charge < -0.3 is 19.9 Å². The number of carboxylic acid groups (broad SMARTS) is 1. The molecule has 2 heterocycles. The first-order valence-electron chi connectivity index (χ1n) is 8.19. The first-order chi connectivity index (χ1) is 12.0. The molecule has 1 saturated heterocycles. The van der Waals surface area contributed by atoms with E-state index in [1.165, 1.54) is 16.8 Å². The Balaban J connectivity index is 1.95. The van der Waals surface area contributed by atoms with Crippen molar-refractivity contribution in [3.63, 3.8) is 0 Å². The lowest BCUT2D eigenvalue weighted by molar-refractivity contribution is 0.0694. The fourth-order valence-corrected chi connectivity index (χ4v) is 3.37. The fraction of sp³-hybridized carbons (Fsp3) is 0.412. The number of aromatic carboxylic acids is 1. The molecule has 0 radical (unpaired) electrons. The predicted molar refractivity (Wildman–Crippen MR) is 88.8 cm³/mol. The van der Waals surface area contributed by atoms with E-state index in [1.807, 2.05) is 4.90 Å². The van der Waals surface area contributed by atoms with Gasteiger partial charge in [0, 0.05) is 44.2 Å². The van der Waals surface area contributed by atoms with Crippen molar-refractivity contribution in [2.75, 3.05) is 31.1 Å². The minimum absolute atomic E-state index is 0.0321. The van der Waals surface area contributed by atoms with E-state index in [-0.39, 0.29) is 11.8 Å². The van der Waals surface area contributed by atoms with Crippen LogP contribution in [0.2, 0.25) is 0 Å². The third kappa shape index (κ3) is 2.66. The number of halogens is 2. The zero-order chi connectivity index (χ0) is 17.7. The van der Waals surface area contributed by atoms with E-state index in [4.69, 9.17) is 0 Å². The van der Waals surface area contributed by atoms with E-state index in [2.05, 4.69) is 5.32 Å². The highest BCUT2D eigenvalue weighted by Crippen LogP contribution is 2.41. The molecule has 1 saturated carbocycles. The maximum Gasteiger partial charge on any atom is 0.341 e. The Morgan fingerprint density at radius 1 is 1.28 bits per heavy atom. The van der Waals surface area contributed by atoms with E-state index in [0.29, 0.717) is 24.3 Å². The molecule has 2 fully saturated rings. The highest BCUT2D eigenvalue weighted by molar-refractivity contribution is 5.93. The molecule has 2 atom stereocenters. The van der Waals surface area contributed by atoms with Crippen molar-refractivity contribution in [2.24, 2.45) is 0 Å². The molecular weight excluding hydrogens is 332 g/mol. The smallest absolute Gasteiger partial charge is 0.341 e. The Bertz CT molecular complexity index is 921. The van der Waals surface area contributed by atoms with Crippen LogP contribution in [0.4, 0.5) is 14.5 Å². The standard InChI is InChI=1S/C17H17F2N3O3/c18-11-5-9-13(7-14(11)21-3-1-20-2-4-21)22(15-6-12(15)19)8-10(16(9)23)17(24)25/h5,7-8,12,15,20H,1-4,6H2,(H,24,25)/t12-,15-/m1/s1. The summed E-state index contributed by atoms with van der Waals surface area (Å²) in [4.78, 5) is 25.6. The van der Waals surface area contributed by atoms with Crippen molar-refractivity contribution in [1.29, 1.82) is 0 Å². The lowest BCUT2D eigenvalue weighted by Gasteiger charge is -2.30. The summed E-state index contributed by atoms with van der Waals surface area (Å²) in [5.74, 6) is -1.98. The van der Waals surface area contributed by atoms with Gasteiger partial charge in [0.1, 0.15) is 17.6 Å². The van der Waals surface area contributed by atoms with Gasteiger partial charge in [-0.2, -0.15) is 0 Å². The molecule has 0 bridgehead atoms. The van der Waals surface area contributed by atoms with Crippen LogP contribution in [0, 0.1) is 5.82 Å². The third-order valence-corrected chi connectivity index (χ3v) is 4.83. The van der Waals surface area contributed by atoms with Gasteiger partial charge in [-0.15, -0.1) is 0 Å². The lowest BCUT2D eigenvalue weighted by atomic mass is 10.1. The number of nitrogens with zero attached hydrogens (tertiary/aromatic N) is 2. The zero-order valence-corrected chi connectivity index (χ0v) is 13.3. The van der Waals surface area contributed by atoms with Crippen molar-refractivity contribution in [3.05, 3.63) is 39.9 Å². The maximum atomic E-state index is 14.6. The van der Waals surface area contributed by atoms with Gasteiger partial charge in [-0.25, -0.2) is 13.6 Å². The van der Waals surface area contributed by atoms with Crippen LogP contribution in [0.5, 0.6) is 0 Å². The van der Waals surface area contributed by atoms with Crippen molar-refractivity contribution >= 4 is 22.6 Å². The highest BCUT2D eigenvalue weighted by Gasteiger charge is 2.40. The van der Waals surface area contributed by atoms with Gasteiger partial charge in [0.15, 0.2) is 0 Å². The Hall–Kier alpha value is -2.48. The molecule has 0 unspecified atom stereocenters. The molecule has 8 heteroatoms. The summed E-state index contributed by atoms with van der Waals surface area (Å²) in [6.45, 7) is 2.68. The predicted octanol–water partition coefficient (Wildman–Crippen LogP) is 1.53. The van der Waals surface area contributed by atoms with Gasteiger partial charge in [-0.1, -0.05) is 0 Å². The van der Waals surface area contributed by atoms with Crippen LogP contribution in [0.1, 0.15) is 22.8 Å². The number of aromatic nitrogens is 1. The molecule has 4 rings (SSSR count). The number of nitrogens with one attached hydrogen (secondary N) is 1. The number of piperazine rings is 1. The Kier molecular flexibility index (Phi) is 3.72. The van der Waals surface area contributed by atoms with Gasteiger partial charge in [-0.05, 0) is 12.1 Å². The van der Waals surface area contributed by atoms with Crippen LogP contribution in [-0.2, 0) is 0 Å². The van der Waals surface area contributed by atoms with Crippen LogP contribution in [-0.4, -0.2) is 48.0 Å². The topological polar surface area (TPSA) is 74.6 Å². The molecule has 0 spiro atoms. The quantitative estimate of drug-likeness (QED) is 0.879. The number of alkyl halides is 1. The number of carbonyl (C=O) groups is 1. The molecule has 25 heavy (non-hydrogen) atoms. The second kappa shape index (κ2) is 5.80. The lowest BCUT2D eigenvalue weighted by Crippen LogP contribution is -2.43. The molecule has 1 aliphatic carbocycles. The number of anilines is 1. The summed E-state index contributed by atoms with van der Waals surface area (Å²) in [5, 5.41) is 12.4. The third-order valence-electron chi connectivity index (χ3n) is 4.83. The molecule has 6 nitrogen and oxygen atoms in total. The minimum atomic E-state index is -1.40. The average Bonchev–Trinajstić information content (AvgIpc) is 3.32. The number of fused-ring (bicyclic) bond motifs is 1. The van der Waals surface area contributed by atoms with E-state index < -0.39 is 35.0 Å². The number of carboxylic acids is 1. The SMILES string of the molecule is O=C(O)c1cn([C@@H]2C[C@H]2F)c2cc(N3CCNCC3)c(F)cc2c1=O. The average molecular weight is 349 g/mol. The van der Waals surface area contributed by atoms with Crippen LogP contribution in [0.25, 0.3) is 10.9 Å². The van der Waals surface area contributed by atoms with Crippen LogP contribution < -0.4 is 15.6 Å². The Labute approximate surface area is 141 Å². The van der Waals surface area contributed by atoms with Gasteiger partial charge in [0.05, 0.1) is 17.2 Å². The highest BCUT2D eigenvalue weighted by atomic mass is 19.1. The van der Waals surface area contributed by atoms with Crippen LogP contribution in [0.3, 0.4) is 0 Å². The summed E-state index contributed by atoms with van der Waals surface area (Å²) in [5.41, 5.74) is -0.502.